The second-order valence-electron chi connectivity index (χ2n) is 2.68. The van der Waals surface area contributed by atoms with Crippen LogP contribution in [0.3, 0.4) is 0 Å². The summed E-state index contributed by atoms with van der Waals surface area (Å²) >= 11 is 0. The molecule has 2 rings (SSSR count). The SMILES string of the molecule is c1ccc(NCc2cn[nH]c2)nc1. The lowest BCUT2D eigenvalue weighted by atomic mass is 10.3. The molecule has 0 aliphatic carbocycles. The summed E-state index contributed by atoms with van der Waals surface area (Å²) in [6.45, 7) is 0.744. The third-order valence-electron chi connectivity index (χ3n) is 1.69. The van der Waals surface area contributed by atoms with Crippen molar-refractivity contribution < 1.29 is 0 Å². The molecular weight excluding hydrogens is 164 g/mol. The fraction of sp³-hybridized carbons (Fsp3) is 0.111. The number of nitrogens with zero attached hydrogens (tertiary/aromatic N) is 2. The number of pyridine rings is 1. The molecule has 13 heavy (non-hydrogen) atoms. The second-order valence-corrected chi connectivity index (χ2v) is 2.68. The fourth-order valence-corrected chi connectivity index (χ4v) is 1.03. The van der Waals surface area contributed by atoms with E-state index in [0.717, 1.165) is 17.9 Å². The number of hydrogen-bond donors (Lipinski definition) is 2. The second kappa shape index (κ2) is 3.71. The molecular formula is C9H10N4. The number of anilines is 1. The van der Waals surface area contributed by atoms with Crippen molar-refractivity contribution in [3.05, 3.63) is 42.4 Å². The van der Waals surface area contributed by atoms with E-state index in [2.05, 4.69) is 20.5 Å². The van der Waals surface area contributed by atoms with Crippen LogP contribution in [0.25, 0.3) is 0 Å². The molecule has 4 heteroatoms. The highest BCUT2D eigenvalue weighted by molar-refractivity contribution is 5.33. The summed E-state index contributed by atoms with van der Waals surface area (Å²) in [5, 5.41) is 9.78. The lowest BCUT2D eigenvalue weighted by molar-refractivity contribution is 1.09. The molecule has 0 aliphatic heterocycles. The van der Waals surface area contributed by atoms with Crippen molar-refractivity contribution in [1.82, 2.24) is 15.2 Å². The Morgan fingerprint density at radius 1 is 1.38 bits per heavy atom. The van der Waals surface area contributed by atoms with E-state index < -0.39 is 0 Å². The van der Waals surface area contributed by atoms with Crippen LogP contribution in [0.1, 0.15) is 5.56 Å². The maximum atomic E-state index is 4.14. The van der Waals surface area contributed by atoms with E-state index in [1.165, 1.54) is 0 Å². The summed E-state index contributed by atoms with van der Waals surface area (Å²) in [4.78, 5) is 4.14. The molecule has 2 aromatic heterocycles. The van der Waals surface area contributed by atoms with Crippen molar-refractivity contribution in [1.29, 1.82) is 0 Å². The lowest BCUT2D eigenvalue weighted by Crippen LogP contribution is -1.99. The first-order chi connectivity index (χ1) is 6.45. The largest absolute Gasteiger partial charge is 0.366 e. The number of hydrogen-bond acceptors (Lipinski definition) is 3. The normalized spacial score (nSPS) is 9.85. The van der Waals surface area contributed by atoms with Crippen molar-refractivity contribution in [3.63, 3.8) is 0 Å². The minimum Gasteiger partial charge on any atom is -0.366 e. The first kappa shape index (κ1) is 7.79. The first-order valence-electron chi connectivity index (χ1n) is 4.08. The first-order valence-corrected chi connectivity index (χ1v) is 4.08. The van der Waals surface area contributed by atoms with Gasteiger partial charge in [-0.05, 0) is 12.1 Å². The van der Waals surface area contributed by atoms with Gasteiger partial charge < -0.3 is 5.32 Å². The van der Waals surface area contributed by atoms with E-state index >= 15 is 0 Å². The van der Waals surface area contributed by atoms with Crippen LogP contribution in [0.5, 0.6) is 0 Å². The highest BCUT2D eigenvalue weighted by Crippen LogP contribution is 2.02. The molecule has 0 atom stereocenters. The van der Waals surface area contributed by atoms with Crippen molar-refractivity contribution in [2.45, 2.75) is 6.54 Å². The quantitative estimate of drug-likeness (QED) is 0.739. The average molecular weight is 174 g/mol. The molecule has 0 amide bonds. The molecule has 0 saturated carbocycles. The minimum atomic E-state index is 0.744. The Morgan fingerprint density at radius 2 is 2.38 bits per heavy atom. The molecule has 0 aliphatic rings. The minimum absolute atomic E-state index is 0.744. The Morgan fingerprint density at radius 3 is 3.08 bits per heavy atom. The smallest absolute Gasteiger partial charge is 0.126 e. The van der Waals surface area contributed by atoms with Crippen LogP contribution in [-0.2, 0) is 6.54 Å². The fourth-order valence-electron chi connectivity index (χ4n) is 1.03. The van der Waals surface area contributed by atoms with Gasteiger partial charge in [-0.25, -0.2) is 4.98 Å². The molecule has 2 aromatic rings. The summed E-state index contributed by atoms with van der Waals surface area (Å²) in [6, 6.07) is 5.77. The molecule has 66 valence electrons. The summed E-state index contributed by atoms with van der Waals surface area (Å²) in [5.74, 6) is 0.878. The van der Waals surface area contributed by atoms with Crippen LogP contribution in [0.4, 0.5) is 5.82 Å². The number of rotatable bonds is 3. The maximum Gasteiger partial charge on any atom is 0.126 e. The van der Waals surface area contributed by atoms with E-state index in [0.29, 0.717) is 0 Å². The number of aromatic amines is 1. The number of aromatic nitrogens is 3. The van der Waals surface area contributed by atoms with Crippen LogP contribution >= 0.6 is 0 Å². The monoisotopic (exact) mass is 174 g/mol. The van der Waals surface area contributed by atoms with Crippen molar-refractivity contribution in [2.75, 3.05) is 5.32 Å². The van der Waals surface area contributed by atoms with Gasteiger partial charge in [-0.1, -0.05) is 6.07 Å². The van der Waals surface area contributed by atoms with Gasteiger partial charge in [-0.3, -0.25) is 5.10 Å². The molecule has 0 radical (unpaired) electrons. The van der Waals surface area contributed by atoms with E-state index in [1.54, 1.807) is 12.4 Å². The van der Waals surface area contributed by atoms with Gasteiger partial charge in [0.25, 0.3) is 0 Å². The Labute approximate surface area is 76.0 Å². The molecule has 4 nitrogen and oxygen atoms in total. The van der Waals surface area contributed by atoms with E-state index in [4.69, 9.17) is 0 Å². The van der Waals surface area contributed by atoms with Gasteiger partial charge in [0, 0.05) is 24.5 Å². The van der Waals surface area contributed by atoms with E-state index in [9.17, 15) is 0 Å². The third-order valence-corrected chi connectivity index (χ3v) is 1.69. The maximum absolute atomic E-state index is 4.14. The van der Waals surface area contributed by atoms with Crippen LogP contribution in [0.2, 0.25) is 0 Å². The average Bonchev–Trinajstić information content (AvgIpc) is 2.69. The Hall–Kier alpha value is -1.84. The molecule has 0 spiro atoms. The highest BCUT2D eigenvalue weighted by atomic mass is 15.1. The Balaban J connectivity index is 1.94. The van der Waals surface area contributed by atoms with Gasteiger partial charge >= 0.3 is 0 Å². The third kappa shape index (κ3) is 2.05. The highest BCUT2D eigenvalue weighted by Gasteiger charge is 1.93. The zero-order valence-electron chi connectivity index (χ0n) is 7.07. The van der Waals surface area contributed by atoms with E-state index in [-0.39, 0.29) is 0 Å². The summed E-state index contributed by atoms with van der Waals surface area (Å²) in [7, 11) is 0. The Bertz CT molecular complexity index is 341. The molecule has 2 heterocycles. The standard InChI is InChI=1S/C9H10N4/c1-2-4-10-9(3-1)11-5-8-6-12-13-7-8/h1-4,6-7H,5H2,(H,10,11)(H,12,13). The van der Waals surface area contributed by atoms with Gasteiger partial charge in [0.05, 0.1) is 6.20 Å². The molecule has 0 saturated heterocycles. The van der Waals surface area contributed by atoms with Crippen LogP contribution in [0, 0.1) is 0 Å². The van der Waals surface area contributed by atoms with Gasteiger partial charge in [-0.15, -0.1) is 0 Å². The summed E-state index contributed by atoms with van der Waals surface area (Å²) < 4.78 is 0. The predicted octanol–water partition coefficient (Wildman–Crippen LogP) is 1.42. The van der Waals surface area contributed by atoms with Crippen LogP contribution < -0.4 is 5.32 Å². The van der Waals surface area contributed by atoms with Crippen LogP contribution in [0.15, 0.2) is 36.8 Å². The van der Waals surface area contributed by atoms with Gasteiger partial charge in [0.2, 0.25) is 0 Å². The zero-order valence-corrected chi connectivity index (χ0v) is 7.07. The number of H-pyrrole nitrogens is 1. The zero-order chi connectivity index (χ0) is 8.93. The van der Waals surface area contributed by atoms with Gasteiger partial charge in [-0.2, -0.15) is 5.10 Å². The Kier molecular flexibility index (Phi) is 2.22. The van der Waals surface area contributed by atoms with Gasteiger partial charge in [0.1, 0.15) is 5.82 Å². The molecule has 2 N–H and O–H groups in total. The lowest BCUT2D eigenvalue weighted by Gasteiger charge is -2.01. The van der Waals surface area contributed by atoms with E-state index in [1.807, 2.05) is 24.4 Å². The predicted molar refractivity (Wildman–Crippen MR) is 50.2 cm³/mol. The van der Waals surface area contributed by atoms with Gasteiger partial charge in [0.15, 0.2) is 0 Å². The summed E-state index contributed by atoms with van der Waals surface area (Å²) in [5.41, 5.74) is 1.12. The molecule has 0 bridgehead atoms. The summed E-state index contributed by atoms with van der Waals surface area (Å²) in [6.07, 6.45) is 5.41. The topological polar surface area (TPSA) is 53.6 Å². The molecule has 0 aromatic carbocycles. The van der Waals surface area contributed by atoms with Crippen molar-refractivity contribution in [3.8, 4) is 0 Å². The molecule has 0 unspecified atom stereocenters. The van der Waals surface area contributed by atoms with Crippen molar-refractivity contribution in [2.24, 2.45) is 0 Å². The van der Waals surface area contributed by atoms with Crippen molar-refractivity contribution >= 4 is 5.82 Å². The van der Waals surface area contributed by atoms with Crippen LogP contribution in [-0.4, -0.2) is 15.2 Å². The number of nitrogens with one attached hydrogen (secondary N) is 2. The molecule has 0 fully saturated rings.